The van der Waals surface area contributed by atoms with Crippen molar-refractivity contribution in [3.05, 3.63) is 22.4 Å². The first-order valence-corrected chi connectivity index (χ1v) is 7.28. The van der Waals surface area contributed by atoms with Crippen LogP contribution in [0.4, 0.5) is 0 Å². The maximum atomic E-state index is 3.55. The molecule has 2 atom stereocenters. The van der Waals surface area contributed by atoms with Gasteiger partial charge < -0.3 is 5.32 Å². The van der Waals surface area contributed by atoms with E-state index in [1.165, 1.54) is 50.3 Å². The van der Waals surface area contributed by atoms with Gasteiger partial charge in [0.2, 0.25) is 0 Å². The third-order valence-electron chi connectivity index (χ3n) is 4.02. The van der Waals surface area contributed by atoms with Gasteiger partial charge in [0.05, 0.1) is 0 Å². The van der Waals surface area contributed by atoms with Gasteiger partial charge in [0.25, 0.3) is 0 Å². The summed E-state index contributed by atoms with van der Waals surface area (Å²) < 4.78 is 0. The number of likely N-dealkylation sites (tertiary alicyclic amines) is 1. The second-order valence-corrected chi connectivity index (χ2v) is 6.03. The molecule has 0 radical (unpaired) electrons. The molecule has 0 aliphatic carbocycles. The van der Waals surface area contributed by atoms with E-state index in [0.717, 1.165) is 12.0 Å². The van der Waals surface area contributed by atoms with Crippen LogP contribution in [0.15, 0.2) is 17.5 Å². The fourth-order valence-electron chi connectivity index (χ4n) is 3.15. The molecule has 1 aromatic heterocycles. The van der Waals surface area contributed by atoms with Gasteiger partial charge in [0.15, 0.2) is 0 Å². The molecule has 3 rings (SSSR count). The minimum absolute atomic E-state index is 0.828. The molecule has 2 nitrogen and oxygen atoms in total. The van der Waals surface area contributed by atoms with E-state index in [2.05, 4.69) is 27.7 Å². The highest BCUT2D eigenvalue weighted by Gasteiger charge is 2.34. The van der Waals surface area contributed by atoms with E-state index in [1.54, 1.807) is 0 Å². The van der Waals surface area contributed by atoms with Crippen molar-refractivity contribution in [2.45, 2.75) is 25.3 Å². The smallest absolute Gasteiger partial charge is 0.0261 e. The van der Waals surface area contributed by atoms with Gasteiger partial charge in [-0.2, -0.15) is 0 Å². The van der Waals surface area contributed by atoms with E-state index in [9.17, 15) is 0 Å². The van der Waals surface area contributed by atoms with Gasteiger partial charge >= 0.3 is 0 Å². The minimum atomic E-state index is 0.828. The Labute approximate surface area is 102 Å². The average Bonchev–Trinajstić information content (AvgIpc) is 2.97. The Hall–Kier alpha value is -0.380. The maximum absolute atomic E-state index is 3.55. The van der Waals surface area contributed by atoms with Crippen LogP contribution in [0.3, 0.4) is 0 Å². The predicted octanol–water partition coefficient (Wildman–Crippen LogP) is 1.97. The van der Waals surface area contributed by atoms with Crippen molar-refractivity contribution < 1.29 is 0 Å². The van der Waals surface area contributed by atoms with Crippen LogP contribution < -0.4 is 5.32 Å². The lowest BCUT2D eigenvalue weighted by Crippen LogP contribution is -2.45. The van der Waals surface area contributed by atoms with Crippen LogP contribution in [0.2, 0.25) is 0 Å². The van der Waals surface area contributed by atoms with Crippen molar-refractivity contribution in [3.8, 4) is 0 Å². The first-order chi connectivity index (χ1) is 7.93. The van der Waals surface area contributed by atoms with Crippen molar-refractivity contribution in [1.29, 1.82) is 0 Å². The summed E-state index contributed by atoms with van der Waals surface area (Å²) in [5.74, 6) is 0.928. The number of nitrogens with one attached hydrogen (secondary N) is 1. The first kappa shape index (κ1) is 10.8. The number of piperidine rings is 1. The lowest BCUT2D eigenvalue weighted by atomic mass is 9.92. The molecular weight excluding hydrogens is 216 g/mol. The molecule has 0 amide bonds. The highest BCUT2D eigenvalue weighted by molar-refractivity contribution is 7.09. The minimum Gasteiger partial charge on any atom is -0.315 e. The standard InChI is InChI=1S/C13H20N2S/c1-3-11-9-14-10-13(11)15(6-1)7-5-12-4-2-8-16-12/h2,4,8,11,13-14H,1,3,5-7,9-10H2. The maximum Gasteiger partial charge on any atom is 0.0261 e. The van der Waals surface area contributed by atoms with E-state index in [4.69, 9.17) is 0 Å². The summed E-state index contributed by atoms with van der Waals surface area (Å²) in [4.78, 5) is 4.25. The molecule has 2 aliphatic rings. The number of hydrogen-bond donors (Lipinski definition) is 1. The molecule has 2 saturated heterocycles. The van der Waals surface area contributed by atoms with Gasteiger partial charge in [-0.3, -0.25) is 4.90 Å². The fourth-order valence-corrected chi connectivity index (χ4v) is 3.85. The van der Waals surface area contributed by atoms with Crippen LogP contribution in [0, 0.1) is 5.92 Å². The number of hydrogen-bond acceptors (Lipinski definition) is 3. The summed E-state index contributed by atoms with van der Waals surface area (Å²) in [6.45, 7) is 5.03. The quantitative estimate of drug-likeness (QED) is 0.863. The van der Waals surface area contributed by atoms with Crippen molar-refractivity contribution in [2.24, 2.45) is 5.92 Å². The Balaban J connectivity index is 1.57. The Bertz CT molecular complexity index is 323. The van der Waals surface area contributed by atoms with Gasteiger partial charge in [-0.15, -0.1) is 11.3 Å². The fraction of sp³-hybridized carbons (Fsp3) is 0.692. The Morgan fingerprint density at radius 1 is 1.44 bits per heavy atom. The van der Waals surface area contributed by atoms with Crippen LogP contribution in [0.5, 0.6) is 0 Å². The lowest BCUT2D eigenvalue weighted by Gasteiger charge is -2.36. The summed E-state index contributed by atoms with van der Waals surface area (Å²) in [7, 11) is 0. The summed E-state index contributed by atoms with van der Waals surface area (Å²) in [5, 5.41) is 5.73. The lowest BCUT2D eigenvalue weighted by molar-refractivity contribution is 0.127. The first-order valence-electron chi connectivity index (χ1n) is 6.40. The molecule has 0 aromatic carbocycles. The van der Waals surface area contributed by atoms with E-state index in [0.29, 0.717) is 0 Å². The van der Waals surface area contributed by atoms with E-state index in [1.807, 2.05) is 11.3 Å². The highest BCUT2D eigenvalue weighted by atomic mass is 32.1. The molecule has 1 aromatic rings. The molecule has 3 heterocycles. The van der Waals surface area contributed by atoms with E-state index >= 15 is 0 Å². The molecular formula is C13H20N2S. The third-order valence-corrected chi connectivity index (χ3v) is 4.96. The van der Waals surface area contributed by atoms with Crippen molar-refractivity contribution in [1.82, 2.24) is 10.2 Å². The van der Waals surface area contributed by atoms with Crippen LogP contribution in [0.25, 0.3) is 0 Å². The Morgan fingerprint density at radius 3 is 3.31 bits per heavy atom. The van der Waals surface area contributed by atoms with E-state index in [-0.39, 0.29) is 0 Å². The molecule has 0 bridgehead atoms. The highest BCUT2D eigenvalue weighted by Crippen LogP contribution is 2.26. The molecule has 2 aliphatic heterocycles. The second kappa shape index (κ2) is 4.86. The topological polar surface area (TPSA) is 15.3 Å². The summed E-state index contributed by atoms with van der Waals surface area (Å²) in [6.07, 6.45) is 4.07. The zero-order valence-corrected chi connectivity index (χ0v) is 10.5. The zero-order chi connectivity index (χ0) is 10.8. The number of thiophene rings is 1. The second-order valence-electron chi connectivity index (χ2n) is 4.99. The van der Waals surface area contributed by atoms with Crippen molar-refractivity contribution >= 4 is 11.3 Å². The van der Waals surface area contributed by atoms with E-state index < -0.39 is 0 Å². The Kier molecular flexibility index (Phi) is 3.27. The van der Waals surface area contributed by atoms with Crippen molar-refractivity contribution in [2.75, 3.05) is 26.2 Å². The van der Waals surface area contributed by atoms with Crippen LogP contribution in [-0.2, 0) is 6.42 Å². The normalized spacial score (nSPS) is 30.5. The molecule has 88 valence electrons. The summed E-state index contributed by atoms with van der Waals surface area (Å²) in [5.41, 5.74) is 0. The summed E-state index contributed by atoms with van der Waals surface area (Å²) >= 11 is 1.89. The molecule has 2 fully saturated rings. The predicted molar refractivity (Wildman–Crippen MR) is 69.0 cm³/mol. The molecule has 2 unspecified atom stereocenters. The van der Waals surface area contributed by atoms with Gasteiger partial charge in [-0.05, 0) is 49.7 Å². The van der Waals surface area contributed by atoms with Crippen LogP contribution in [0.1, 0.15) is 17.7 Å². The number of nitrogens with zero attached hydrogens (tertiary/aromatic N) is 1. The van der Waals surface area contributed by atoms with Crippen LogP contribution in [-0.4, -0.2) is 37.1 Å². The zero-order valence-electron chi connectivity index (χ0n) is 9.69. The monoisotopic (exact) mass is 236 g/mol. The Morgan fingerprint density at radius 2 is 2.44 bits per heavy atom. The molecule has 16 heavy (non-hydrogen) atoms. The molecule has 0 saturated carbocycles. The number of fused-ring (bicyclic) bond motifs is 1. The molecule has 3 heteroatoms. The molecule has 0 spiro atoms. The van der Waals surface area contributed by atoms with Gasteiger partial charge in [-0.25, -0.2) is 0 Å². The van der Waals surface area contributed by atoms with Gasteiger partial charge in [0, 0.05) is 24.0 Å². The van der Waals surface area contributed by atoms with Gasteiger partial charge in [-0.1, -0.05) is 6.07 Å². The SMILES string of the molecule is c1csc(CCN2CCCC3CNCC32)c1. The average molecular weight is 236 g/mol. The third kappa shape index (κ3) is 2.17. The summed E-state index contributed by atoms with van der Waals surface area (Å²) in [6, 6.07) is 5.25. The largest absolute Gasteiger partial charge is 0.315 e. The molecule has 1 N–H and O–H groups in total. The number of rotatable bonds is 3. The van der Waals surface area contributed by atoms with Crippen LogP contribution >= 0.6 is 11.3 Å². The van der Waals surface area contributed by atoms with Gasteiger partial charge in [0.1, 0.15) is 0 Å². The van der Waals surface area contributed by atoms with Crippen molar-refractivity contribution in [3.63, 3.8) is 0 Å².